The number of carbonyl (C=O) groups excluding carboxylic acids is 2. The molecule has 2 heterocycles. The molecular formula is C13H16BrN7O2S. The number of hydrogen-bond acceptors (Lipinski definition) is 9. The van der Waals surface area contributed by atoms with Crippen molar-refractivity contribution in [2.75, 3.05) is 17.2 Å². The van der Waals surface area contributed by atoms with Crippen LogP contribution in [0.15, 0.2) is 10.7 Å². The van der Waals surface area contributed by atoms with Crippen LogP contribution in [-0.4, -0.2) is 39.1 Å². The third-order valence-electron chi connectivity index (χ3n) is 3.05. The van der Waals surface area contributed by atoms with Crippen LogP contribution in [0.5, 0.6) is 0 Å². The summed E-state index contributed by atoms with van der Waals surface area (Å²) in [4.78, 5) is 30.5. The molecular weight excluding hydrogens is 398 g/mol. The third-order valence-corrected chi connectivity index (χ3v) is 5.13. The van der Waals surface area contributed by atoms with E-state index in [0.717, 1.165) is 16.5 Å². The number of primary amides is 1. The largest absolute Gasteiger partial charge is 0.364 e. The molecule has 2 aromatic heterocycles. The third kappa shape index (κ3) is 4.24. The highest BCUT2D eigenvalue weighted by Gasteiger charge is 2.17. The molecule has 0 bridgehead atoms. The standard InChI is InChI=1S/C13H16BrN7O2S/c1-6-9(14)13(24-21-6)20-12-10(11(16)23)17-5-8(19-12)18-7(4-15)2-3-22/h3,5,7H,2,4,15H2,1H3,(H2,16,23)(H2,18,19,20). The summed E-state index contributed by atoms with van der Waals surface area (Å²) in [6, 6.07) is -0.276. The van der Waals surface area contributed by atoms with Crippen LogP contribution in [0, 0.1) is 6.92 Å². The zero-order valence-electron chi connectivity index (χ0n) is 12.7. The number of nitrogens with one attached hydrogen (secondary N) is 2. The molecule has 0 aliphatic heterocycles. The van der Waals surface area contributed by atoms with Gasteiger partial charge in [-0.15, -0.1) is 0 Å². The van der Waals surface area contributed by atoms with Crippen molar-refractivity contribution >= 4 is 56.3 Å². The fourth-order valence-electron chi connectivity index (χ4n) is 1.81. The topological polar surface area (TPSA) is 149 Å². The van der Waals surface area contributed by atoms with Crippen LogP contribution in [0.1, 0.15) is 22.6 Å². The van der Waals surface area contributed by atoms with Gasteiger partial charge in [0.05, 0.1) is 16.4 Å². The molecule has 24 heavy (non-hydrogen) atoms. The quantitative estimate of drug-likeness (QED) is 0.471. The second-order valence-electron chi connectivity index (χ2n) is 4.83. The first-order chi connectivity index (χ1) is 11.5. The lowest BCUT2D eigenvalue weighted by atomic mass is 10.2. The summed E-state index contributed by atoms with van der Waals surface area (Å²) in [6.45, 7) is 2.09. The number of hydrogen-bond donors (Lipinski definition) is 4. The summed E-state index contributed by atoms with van der Waals surface area (Å²) in [7, 11) is 0. The van der Waals surface area contributed by atoms with Gasteiger partial charge >= 0.3 is 0 Å². The molecule has 1 unspecified atom stereocenters. The fraction of sp³-hybridized carbons (Fsp3) is 0.308. The van der Waals surface area contributed by atoms with Gasteiger partial charge in [-0.1, -0.05) is 0 Å². The van der Waals surface area contributed by atoms with Crippen LogP contribution in [-0.2, 0) is 4.79 Å². The number of aryl methyl sites for hydroxylation is 1. The lowest BCUT2D eigenvalue weighted by Crippen LogP contribution is -2.30. The van der Waals surface area contributed by atoms with Crippen molar-refractivity contribution in [1.82, 2.24) is 14.3 Å². The maximum absolute atomic E-state index is 11.6. The minimum absolute atomic E-state index is 0.00168. The SMILES string of the molecule is Cc1nsc(Nc2nc(NC(CN)CC=O)cnc2C(N)=O)c1Br. The van der Waals surface area contributed by atoms with Crippen molar-refractivity contribution in [2.24, 2.45) is 11.5 Å². The summed E-state index contributed by atoms with van der Waals surface area (Å²) >= 11 is 4.62. The number of aromatic nitrogens is 3. The van der Waals surface area contributed by atoms with E-state index in [1.807, 2.05) is 6.92 Å². The van der Waals surface area contributed by atoms with Crippen molar-refractivity contribution in [1.29, 1.82) is 0 Å². The van der Waals surface area contributed by atoms with Crippen LogP contribution in [0.25, 0.3) is 0 Å². The Morgan fingerprint density at radius 3 is 2.83 bits per heavy atom. The minimum Gasteiger partial charge on any atom is -0.364 e. The molecule has 0 spiro atoms. The van der Waals surface area contributed by atoms with E-state index in [9.17, 15) is 9.59 Å². The van der Waals surface area contributed by atoms with E-state index in [-0.39, 0.29) is 30.5 Å². The molecule has 128 valence electrons. The predicted molar refractivity (Wildman–Crippen MR) is 95.5 cm³/mol. The number of rotatable bonds is 8. The minimum atomic E-state index is -0.711. The van der Waals surface area contributed by atoms with Gasteiger partial charge in [0.25, 0.3) is 5.91 Å². The van der Waals surface area contributed by atoms with Crippen molar-refractivity contribution in [2.45, 2.75) is 19.4 Å². The highest BCUT2D eigenvalue weighted by atomic mass is 79.9. The van der Waals surface area contributed by atoms with Gasteiger partial charge < -0.3 is 26.9 Å². The second kappa shape index (κ2) is 8.13. The molecule has 0 fully saturated rings. The summed E-state index contributed by atoms with van der Waals surface area (Å²) in [6.07, 6.45) is 2.37. The maximum Gasteiger partial charge on any atom is 0.271 e. The molecule has 0 saturated carbocycles. The summed E-state index contributed by atoms with van der Waals surface area (Å²) < 4.78 is 4.96. The number of anilines is 3. The van der Waals surface area contributed by atoms with Gasteiger partial charge in [-0.2, -0.15) is 4.37 Å². The van der Waals surface area contributed by atoms with Crippen molar-refractivity contribution in [3.63, 3.8) is 0 Å². The zero-order chi connectivity index (χ0) is 17.7. The Bertz CT molecular complexity index is 752. The molecule has 1 amide bonds. The molecule has 0 aliphatic carbocycles. The van der Waals surface area contributed by atoms with E-state index in [1.165, 1.54) is 17.7 Å². The first-order valence-electron chi connectivity index (χ1n) is 6.92. The van der Waals surface area contributed by atoms with Crippen molar-refractivity contribution in [3.05, 3.63) is 22.1 Å². The Labute approximate surface area is 150 Å². The van der Waals surface area contributed by atoms with E-state index in [4.69, 9.17) is 11.5 Å². The normalized spacial score (nSPS) is 11.8. The van der Waals surface area contributed by atoms with Crippen molar-refractivity contribution < 1.29 is 9.59 Å². The Hall–Kier alpha value is -2.11. The lowest BCUT2D eigenvalue weighted by molar-refractivity contribution is -0.108. The van der Waals surface area contributed by atoms with Gasteiger partial charge in [-0.25, -0.2) is 9.97 Å². The molecule has 0 saturated heterocycles. The number of aldehydes is 1. The highest BCUT2D eigenvalue weighted by molar-refractivity contribution is 9.10. The Kier molecular flexibility index (Phi) is 6.17. The highest BCUT2D eigenvalue weighted by Crippen LogP contribution is 2.32. The number of nitrogens with two attached hydrogens (primary N) is 2. The zero-order valence-corrected chi connectivity index (χ0v) is 15.1. The van der Waals surface area contributed by atoms with Gasteiger partial charge in [0.2, 0.25) is 0 Å². The molecule has 2 rings (SSSR count). The van der Waals surface area contributed by atoms with Gasteiger partial charge in [-0.3, -0.25) is 4.79 Å². The number of halogens is 1. The predicted octanol–water partition coefficient (Wildman–Crippen LogP) is 1.17. The molecule has 9 nitrogen and oxygen atoms in total. The molecule has 6 N–H and O–H groups in total. The Balaban J connectivity index is 2.32. The van der Waals surface area contributed by atoms with Gasteiger partial charge in [-0.05, 0) is 34.4 Å². The molecule has 0 radical (unpaired) electrons. The molecule has 1 atom stereocenters. The van der Waals surface area contributed by atoms with E-state index in [1.54, 1.807) is 0 Å². The van der Waals surface area contributed by atoms with Gasteiger partial charge in [0.15, 0.2) is 11.5 Å². The first kappa shape index (κ1) is 18.2. The van der Waals surface area contributed by atoms with Gasteiger partial charge in [0.1, 0.15) is 17.1 Å². The number of amides is 1. The smallest absolute Gasteiger partial charge is 0.271 e. The first-order valence-corrected chi connectivity index (χ1v) is 8.48. The Morgan fingerprint density at radius 2 is 2.29 bits per heavy atom. The molecule has 0 aromatic carbocycles. The van der Waals surface area contributed by atoms with E-state index >= 15 is 0 Å². The molecule has 11 heteroatoms. The Morgan fingerprint density at radius 1 is 1.54 bits per heavy atom. The van der Waals surface area contributed by atoms with Crippen molar-refractivity contribution in [3.8, 4) is 0 Å². The van der Waals surface area contributed by atoms with Gasteiger partial charge in [0, 0.05) is 19.0 Å². The average Bonchev–Trinajstić information content (AvgIpc) is 2.86. The average molecular weight is 414 g/mol. The number of carbonyl (C=O) groups is 2. The molecule has 2 aromatic rings. The fourth-order valence-corrected chi connectivity index (χ4v) is 3.02. The van der Waals surface area contributed by atoms with Crippen LogP contribution < -0.4 is 22.1 Å². The van der Waals surface area contributed by atoms with E-state index < -0.39 is 5.91 Å². The monoisotopic (exact) mass is 413 g/mol. The van der Waals surface area contributed by atoms with Crippen LogP contribution in [0.3, 0.4) is 0 Å². The number of nitrogens with zero attached hydrogens (tertiary/aromatic N) is 3. The summed E-state index contributed by atoms with van der Waals surface area (Å²) in [5, 5.41) is 6.67. The van der Waals surface area contributed by atoms with E-state index in [0.29, 0.717) is 10.8 Å². The molecule has 0 aliphatic rings. The second-order valence-corrected chi connectivity index (χ2v) is 6.40. The van der Waals surface area contributed by atoms with Crippen LogP contribution >= 0.6 is 27.5 Å². The van der Waals surface area contributed by atoms with E-state index in [2.05, 4.69) is 40.9 Å². The summed E-state index contributed by atoms with van der Waals surface area (Å²) in [5.74, 6) is -0.145. The van der Waals surface area contributed by atoms with Crippen LogP contribution in [0.4, 0.5) is 16.6 Å². The van der Waals surface area contributed by atoms with Crippen LogP contribution in [0.2, 0.25) is 0 Å². The maximum atomic E-state index is 11.6. The lowest BCUT2D eigenvalue weighted by Gasteiger charge is -2.16. The summed E-state index contributed by atoms with van der Waals surface area (Å²) in [5.41, 5.74) is 11.7.